The number of hydrogen-bond donors (Lipinski definition) is 5. The average Bonchev–Trinajstić information content (AvgIpc) is 2.90. The lowest BCUT2D eigenvalue weighted by Crippen LogP contribution is -2.58. The molecule has 4 atom stereocenters. The fourth-order valence-corrected chi connectivity index (χ4v) is 10.7. The fourth-order valence-electron chi connectivity index (χ4n) is 9.60. The molecule has 3 aromatic carbocycles. The van der Waals surface area contributed by atoms with Crippen molar-refractivity contribution in [3.05, 3.63) is 94.6 Å². The number of halogens is 3. The Hall–Kier alpha value is -6.93. The highest BCUT2D eigenvalue weighted by atomic mass is 35.5. The van der Waals surface area contributed by atoms with Crippen molar-refractivity contribution in [2.45, 2.75) is 71.7 Å². The van der Waals surface area contributed by atoms with Gasteiger partial charge in [-0.3, -0.25) is 24.0 Å². The number of nitrogens with one attached hydrogen (secondary N) is 3. The largest absolute Gasteiger partial charge is 0.507 e. The van der Waals surface area contributed by atoms with E-state index in [9.17, 15) is 34.2 Å². The van der Waals surface area contributed by atoms with E-state index in [-0.39, 0.29) is 131 Å². The Bertz CT molecular complexity index is 3070. The van der Waals surface area contributed by atoms with Crippen molar-refractivity contribution in [1.29, 1.82) is 0 Å². The van der Waals surface area contributed by atoms with Gasteiger partial charge in [-0.25, -0.2) is 18.7 Å². The van der Waals surface area contributed by atoms with Crippen molar-refractivity contribution in [2.75, 3.05) is 116 Å². The number of fused-ring (bicyclic) bond motifs is 1. The highest BCUT2D eigenvalue weighted by Crippen LogP contribution is 2.43. The molecular formula is C58H73ClF2N10O11S. The van der Waals surface area contributed by atoms with E-state index in [0.29, 0.717) is 32.0 Å². The van der Waals surface area contributed by atoms with Crippen LogP contribution in [0.4, 0.5) is 20.5 Å². The molecule has 0 aliphatic carbocycles. The topological polar surface area (TPSA) is 250 Å². The molecule has 5 amide bonds. The van der Waals surface area contributed by atoms with Gasteiger partial charge in [0.1, 0.15) is 41.6 Å². The fraction of sp³-hybridized carbons (Fsp3) is 0.483. The van der Waals surface area contributed by atoms with Crippen molar-refractivity contribution in [1.82, 2.24) is 40.3 Å². The molecule has 83 heavy (non-hydrogen) atoms. The molecule has 2 aliphatic rings. The number of nitrogens with zero attached hydrogens (tertiary/aromatic N) is 7. The van der Waals surface area contributed by atoms with Gasteiger partial charge in [0.25, 0.3) is 0 Å². The molecule has 2 saturated heterocycles. The first kappa shape index (κ1) is 63.6. The number of rotatable bonds is 27. The van der Waals surface area contributed by atoms with E-state index in [1.165, 1.54) is 34.1 Å². The second kappa shape index (κ2) is 29.5. The number of anilines is 2. The zero-order chi connectivity index (χ0) is 60.0. The summed E-state index contributed by atoms with van der Waals surface area (Å²) >= 11 is 8.13. The lowest BCUT2D eigenvalue weighted by Gasteiger charge is -2.35. The number of thiazole rings is 1. The molecule has 25 heteroatoms. The third-order valence-electron chi connectivity index (χ3n) is 14.2. The van der Waals surface area contributed by atoms with Crippen LogP contribution in [0.1, 0.15) is 57.8 Å². The number of β-amino-alcohol motifs (C(OH)–C–C–N with tert-alkyl or cyclic N) is 1. The number of hydrogen-bond acceptors (Lipinski definition) is 17. The summed E-state index contributed by atoms with van der Waals surface area (Å²) in [5.41, 5.74) is 2.92. The number of amides is 5. The van der Waals surface area contributed by atoms with Gasteiger partial charge >= 0.3 is 0 Å². The van der Waals surface area contributed by atoms with Gasteiger partial charge in [0.15, 0.2) is 5.82 Å². The highest BCUT2D eigenvalue weighted by Gasteiger charge is 2.45. The molecule has 448 valence electrons. The summed E-state index contributed by atoms with van der Waals surface area (Å²) in [4.78, 5) is 86.9. The van der Waals surface area contributed by atoms with E-state index in [0.717, 1.165) is 27.8 Å². The van der Waals surface area contributed by atoms with Crippen LogP contribution in [0.2, 0.25) is 5.02 Å². The standard InChI is InChI=1S/C58H73ClF2N10O11S/c1-8-46(75)69-18-20-70(21-19-69)54-40-31-41(59)48(49-42(60)10-9-11-44(49)73)50(61)51(40)66-57(67-54)62-17-16-47(76)68(7)22-23-79-24-25-80-26-27-81-28-29-82-33-45(74)65-53(58(4,5)6)56(78)71-32-39(72)30-43(71)55(77)64-35(2)37-12-14-38(15-13-37)52-36(3)63-34-83-52/h8-15,31,34-35,39,43,53,72-73H,1,16-30,32-33H2,2-7H3,(H,64,77)(H,65,74)(H,62,66,67)/t35-,39?,43?,53+/m0/s1. The molecule has 0 radical (unpaired) electrons. The molecule has 0 spiro atoms. The zero-order valence-corrected chi connectivity index (χ0v) is 49.1. The summed E-state index contributed by atoms with van der Waals surface area (Å²) < 4.78 is 53.9. The molecule has 21 nitrogen and oxygen atoms in total. The lowest BCUT2D eigenvalue weighted by molar-refractivity contribution is -0.144. The van der Waals surface area contributed by atoms with Gasteiger partial charge in [-0.15, -0.1) is 11.3 Å². The van der Waals surface area contributed by atoms with Crippen molar-refractivity contribution in [3.8, 4) is 27.3 Å². The number of aromatic nitrogens is 3. The third kappa shape index (κ3) is 16.7. The van der Waals surface area contributed by atoms with Gasteiger partial charge in [-0.2, -0.15) is 4.98 Å². The number of likely N-dealkylation sites (N-methyl/N-ethyl adjacent to an activating group) is 1. The Kier molecular flexibility index (Phi) is 22.7. The third-order valence-corrected chi connectivity index (χ3v) is 15.5. The number of ether oxygens (including phenoxy) is 4. The number of carbonyl (C=O) groups is 5. The number of likely N-dealkylation sites (tertiary alicyclic amines) is 1. The molecule has 2 unspecified atom stereocenters. The minimum atomic E-state index is -1.01. The predicted molar refractivity (Wildman–Crippen MR) is 311 cm³/mol. The van der Waals surface area contributed by atoms with Crippen LogP contribution in [0.5, 0.6) is 5.75 Å². The summed E-state index contributed by atoms with van der Waals surface area (Å²) in [6, 6.07) is 10.5. The van der Waals surface area contributed by atoms with Gasteiger partial charge < -0.3 is 64.7 Å². The van der Waals surface area contributed by atoms with Crippen molar-refractivity contribution in [3.63, 3.8) is 0 Å². The van der Waals surface area contributed by atoms with Crippen LogP contribution in [0, 0.1) is 24.0 Å². The Morgan fingerprint density at radius 3 is 2.22 bits per heavy atom. The minimum absolute atomic E-state index is 0.00642. The summed E-state index contributed by atoms with van der Waals surface area (Å²) in [7, 11) is 1.63. The van der Waals surface area contributed by atoms with Crippen LogP contribution in [0.15, 0.2) is 66.7 Å². The van der Waals surface area contributed by atoms with Crippen LogP contribution in [0.25, 0.3) is 32.5 Å². The Balaban J connectivity index is 0.770. The molecule has 0 saturated carbocycles. The molecular weight excluding hydrogens is 1120 g/mol. The summed E-state index contributed by atoms with van der Waals surface area (Å²) in [6.07, 6.45) is 0.408. The normalized spacial score (nSPS) is 16.2. The number of aliphatic hydroxyl groups is 1. The van der Waals surface area contributed by atoms with E-state index in [1.807, 2.05) is 43.0 Å². The van der Waals surface area contributed by atoms with E-state index in [1.54, 1.807) is 49.6 Å². The zero-order valence-electron chi connectivity index (χ0n) is 47.6. The van der Waals surface area contributed by atoms with E-state index >= 15 is 8.78 Å². The van der Waals surface area contributed by atoms with E-state index in [4.69, 9.17) is 30.5 Å². The van der Waals surface area contributed by atoms with Crippen LogP contribution >= 0.6 is 22.9 Å². The first-order valence-corrected chi connectivity index (χ1v) is 28.6. The second-order valence-electron chi connectivity index (χ2n) is 21.2. The quantitative estimate of drug-likeness (QED) is 0.0303. The maximum Gasteiger partial charge on any atom is 0.246 e. The molecule has 5 aromatic rings. The van der Waals surface area contributed by atoms with Gasteiger partial charge in [0.2, 0.25) is 35.5 Å². The number of piperazine rings is 1. The van der Waals surface area contributed by atoms with Gasteiger partial charge in [-0.1, -0.05) is 69.3 Å². The van der Waals surface area contributed by atoms with Crippen LogP contribution < -0.4 is 20.9 Å². The van der Waals surface area contributed by atoms with Gasteiger partial charge in [0.05, 0.1) is 85.1 Å². The number of aryl methyl sites for hydroxylation is 1. The number of aromatic hydroxyl groups is 1. The Morgan fingerprint density at radius 1 is 0.928 bits per heavy atom. The molecule has 2 aliphatic heterocycles. The lowest BCUT2D eigenvalue weighted by atomic mass is 9.85. The summed E-state index contributed by atoms with van der Waals surface area (Å²) in [6.45, 7) is 15.7. The SMILES string of the molecule is C=CC(=O)N1CCN(c2nc(NCCC(=O)N(C)CCOCCOCCOCCOCC(=O)N[C@H](C(=O)N3CC(O)CC3C(=O)N[C@@H](C)c3ccc(-c4scnc4C)cc3)C(C)(C)C)nc3c(F)c(-c4c(O)cccc4F)c(Cl)cc23)CC1. The second-order valence-corrected chi connectivity index (χ2v) is 22.5. The van der Waals surface area contributed by atoms with Crippen LogP contribution in [-0.2, 0) is 42.9 Å². The monoisotopic (exact) mass is 1190 g/mol. The van der Waals surface area contributed by atoms with Crippen LogP contribution in [0.3, 0.4) is 0 Å². The number of benzene rings is 3. The molecule has 5 N–H and O–H groups in total. The number of phenolic OH excluding ortho intramolecular Hbond substituents is 1. The molecule has 4 heterocycles. The highest BCUT2D eigenvalue weighted by molar-refractivity contribution is 7.13. The van der Waals surface area contributed by atoms with Crippen LogP contribution in [-0.4, -0.2) is 193 Å². The maximum atomic E-state index is 16.5. The van der Waals surface area contributed by atoms with Gasteiger partial charge in [0, 0.05) is 76.7 Å². The Labute approximate surface area is 490 Å². The van der Waals surface area contributed by atoms with E-state index in [2.05, 4.69) is 37.5 Å². The minimum Gasteiger partial charge on any atom is -0.507 e. The van der Waals surface area contributed by atoms with Crippen molar-refractivity contribution < 1.29 is 61.9 Å². The first-order chi connectivity index (χ1) is 39.7. The smallest absolute Gasteiger partial charge is 0.246 e. The van der Waals surface area contributed by atoms with Crippen molar-refractivity contribution in [2.24, 2.45) is 5.41 Å². The number of phenols is 1. The maximum absolute atomic E-state index is 16.5. The Morgan fingerprint density at radius 2 is 1.59 bits per heavy atom. The predicted octanol–water partition coefficient (Wildman–Crippen LogP) is 5.90. The first-order valence-electron chi connectivity index (χ1n) is 27.4. The summed E-state index contributed by atoms with van der Waals surface area (Å²) in [5, 5.41) is 30.0. The van der Waals surface area contributed by atoms with Gasteiger partial charge in [-0.05, 0) is 54.7 Å². The average molecular weight is 1190 g/mol. The van der Waals surface area contributed by atoms with Crippen molar-refractivity contribution >= 4 is 75.1 Å². The molecule has 2 fully saturated rings. The number of aliphatic hydroxyl groups excluding tert-OH is 1. The van der Waals surface area contributed by atoms with E-state index < -0.39 is 64.3 Å². The number of carbonyl (C=O) groups excluding carboxylic acids is 5. The molecule has 0 bridgehead atoms. The molecule has 7 rings (SSSR count). The summed E-state index contributed by atoms with van der Waals surface area (Å²) in [5.74, 6) is -3.92. The molecule has 2 aromatic heterocycles.